The largest absolute Gasteiger partial charge is 0.392 e. The SMILES string of the molecule is COCCS(=O)(=O)Nc1cccc(C23CCCC(C2)N(CC2c4ccccc4CCC2O)CC3)c1. The van der Waals surface area contributed by atoms with Crippen LogP contribution in [0.2, 0.25) is 0 Å². The minimum atomic E-state index is -3.43. The molecule has 2 fully saturated rings. The number of ether oxygens (including phenoxy) is 1. The molecule has 2 N–H and O–H groups in total. The summed E-state index contributed by atoms with van der Waals surface area (Å²) in [6.07, 6.45) is 7.20. The number of benzene rings is 2. The van der Waals surface area contributed by atoms with Crippen LogP contribution in [0.4, 0.5) is 5.69 Å². The zero-order valence-corrected chi connectivity index (χ0v) is 21.5. The lowest BCUT2D eigenvalue weighted by atomic mass is 9.63. The number of aryl methyl sites for hydroxylation is 1. The van der Waals surface area contributed by atoms with E-state index in [-0.39, 0.29) is 29.8 Å². The van der Waals surface area contributed by atoms with Gasteiger partial charge in [-0.2, -0.15) is 0 Å². The maximum absolute atomic E-state index is 12.4. The van der Waals surface area contributed by atoms with Crippen LogP contribution in [0.3, 0.4) is 0 Å². The lowest BCUT2D eigenvalue weighted by Crippen LogP contribution is -2.53. The molecule has 35 heavy (non-hydrogen) atoms. The van der Waals surface area contributed by atoms with Crippen molar-refractivity contribution >= 4 is 15.7 Å². The Labute approximate surface area is 209 Å². The molecule has 0 aromatic heterocycles. The van der Waals surface area contributed by atoms with E-state index in [1.165, 1.54) is 36.6 Å². The lowest BCUT2D eigenvalue weighted by molar-refractivity contribution is 0.0264. The fraction of sp³-hybridized carbons (Fsp3) is 0.571. The van der Waals surface area contributed by atoms with Gasteiger partial charge < -0.3 is 9.84 Å². The van der Waals surface area contributed by atoms with Crippen molar-refractivity contribution in [3.05, 3.63) is 65.2 Å². The number of rotatable bonds is 8. The van der Waals surface area contributed by atoms with E-state index in [0.29, 0.717) is 11.7 Å². The van der Waals surface area contributed by atoms with Gasteiger partial charge in [-0.25, -0.2) is 8.42 Å². The molecule has 0 radical (unpaired) electrons. The first-order valence-corrected chi connectivity index (χ1v) is 14.6. The second-order valence-corrected chi connectivity index (χ2v) is 12.5. The molecule has 7 heteroatoms. The predicted octanol–water partition coefficient (Wildman–Crippen LogP) is 4.05. The van der Waals surface area contributed by atoms with Crippen LogP contribution in [0.25, 0.3) is 0 Å². The first kappa shape index (κ1) is 24.8. The molecule has 0 spiro atoms. The van der Waals surface area contributed by atoms with Gasteiger partial charge in [-0.15, -0.1) is 0 Å². The Balaban J connectivity index is 1.31. The maximum Gasteiger partial charge on any atom is 0.234 e. The fourth-order valence-corrected chi connectivity index (χ4v) is 7.68. The van der Waals surface area contributed by atoms with E-state index in [4.69, 9.17) is 4.74 Å². The summed E-state index contributed by atoms with van der Waals surface area (Å²) >= 11 is 0. The molecule has 6 nitrogen and oxygen atoms in total. The molecule has 190 valence electrons. The van der Waals surface area contributed by atoms with E-state index in [9.17, 15) is 13.5 Å². The summed E-state index contributed by atoms with van der Waals surface area (Å²) in [4.78, 5) is 2.63. The fourth-order valence-electron chi connectivity index (χ4n) is 6.70. The average Bonchev–Trinajstić information content (AvgIpc) is 2.86. The number of piperidine rings is 1. The number of fused-ring (bicyclic) bond motifs is 3. The molecular weight excluding hydrogens is 460 g/mol. The number of hydrogen-bond acceptors (Lipinski definition) is 5. The number of hydrogen-bond donors (Lipinski definition) is 2. The Morgan fingerprint density at radius 1 is 1.14 bits per heavy atom. The number of anilines is 1. The lowest BCUT2D eigenvalue weighted by Gasteiger charge is -2.52. The maximum atomic E-state index is 12.4. The minimum absolute atomic E-state index is 0.0496. The van der Waals surface area contributed by atoms with Crippen LogP contribution in [0.15, 0.2) is 48.5 Å². The van der Waals surface area contributed by atoms with E-state index >= 15 is 0 Å². The van der Waals surface area contributed by atoms with E-state index in [1.54, 1.807) is 0 Å². The van der Waals surface area contributed by atoms with Crippen LogP contribution in [0.5, 0.6) is 0 Å². The molecule has 4 unspecified atom stereocenters. The average molecular weight is 499 g/mol. The van der Waals surface area contributed by atoms with Gasteiger partial charge in [-0.05, 0) is 79.3 Å². The summed E-state index contributed by atoms with van der Waals surface area (Å²) in [7, 11) is -1.92. The van der Waals surface area contributed by atoms with E-state index in [0.717, 1.165) is 45.2 Å². The van der Waals surface area contributed by atoms with Gasteiger partial charge in [0.1, 0.15) is 0 Å². The number of nitrogens with zero attached hydrogens (tertiary/aromatic N) is 1. The molecule has 1 aliphatic heterocycles. The van der Waals surface area contributed by atoms with Gasteiger partial charge in [-0.1, -0.05) is 42.8 Å². The van der Waals surface area contributed by atoms with Gasteiger partial charge in [0.25, 0.3) is 0 Å². The highest BCUT2D eigenvalue weighted by Gasteiger charge is 2.44. The zero-order valence-electron chi connectivity index (χ0n) is 20.7. The molecule has 1 heterocycles. The van der Waals surface area contributed by atoms with Crippen molar-refractivity contribution in [3.63, 3.8) is 0 Å². The van der Waals surface area contributed by atoms with Crippen LogP contribution in [-0.4, -0.2) is 63.1 Å². The predicted molar refractivity (Wildman–Crippen MR) is 139 cm³/mol. The van der Waals surface area contributed by atoms with Crippen molar-refractivity contribution in [1.82, 2.24) is 4.90 Å². The molecule has 2 aliphatic carbocycles. The number of aliphatic hydroxyl groups excluding tert-OH is 1. The monoisotopic (exact) mass is 498 g/mol. The number of likely N-dealkylation sites (tertiary alicyclic amines) is 1. The Morgan fingerprint density at radius 2 is 2.00 bits per heavy atom. The third kappa shape index (κ3) is 5.29. The summed E-state index contributed by atoms with van der Waals surface area (Å²) in [5.41, 5.74) is 4.70. The van der Waals surface area contributed by atoms with E-state index in [2.05, 4.69) is 40.0 Å². The van der Waals surface area contributed by atoms with Gasteiger partial charge in [0.05, 0.1) is 18.5 Å². The number of sulfonamides is 1. The second kappa shape index (κ2) is 10.2. The molecule has 2 aromatic carbocycles. The van der Waals surface area contributed by atoms with Crippen molar-refractivity contribution in [2.75, 3.05) is 37.3 Å². The van der Waals surface area contributed by atoms with Gasteiger partial charge >= 0.3 is 0 Å². The molecule has 0 amide bonds. The van der Waals surface area contributed by atoms with Crippen LogP contribution < -0.4 is 4.72 Å². The van der Waals surface area contributed by atoms with Crippen LogP contribution >= 0.6 is 0 Å². The molecule has 2 bridgehead atoms. The van der Waals surface area contributed by atoms with Gasteiger partial charge in [-0.3, -0.25) is 9.62 Å². The molecule has 1 saturated carbocycles. The first-order valence-electron chi connectivity index (χ1n) is 13.0. The third-order valence-corrected chi connectivity index (χ3v) is 9.83. The topological polar surface area (TPSA) is 78.9 Å². The first-order chi connectivity index (χ1) is 16.9. The standard InChI is InChI=1S/C28H38N2O4S/c1-34-16-17-35(32,33)29-23-8-4-7-22(18-23)28-13-5-9-24(19-28)30(15-14-28)20-26-25-10-3-2-6-21(25)11-12-27(26)31/h2-4,6-8,10,18,24,26-27,29,31H,5,9,11-17,19-20H2,1H3. The normalized spacial score (nSPS) is 28.9. The van der Waals surface area contributed by atoms with Gasteiger partial charge in [0.2, 0.25) is 10.0 Å². The van der Waals surface area contributed by atoms with E-state index in [1.807, 2.05) is 18.2 Å². The number of methoxy groups -OCH3 is 1. The smallest absolute Gasteiger partial charge is 0.234 e. The molecule has 2 aromatic rings. The number of nitrogens with one attached hydrogen (secondary N) is 1. The summed E-state index contributed by atoms with van der Waals surface area (Å²) < 4.78 is 32.4. The number of aliphatic hydroxyl groups is 1. The Kier molecular flexibility index (Phi) is 7.22. The van der Waals surface area contributed by atoms with Gasteiger partial charge in [0.15, 0.2) is 0 Å². The highest BCUT2D eigenvalue weighted by Crippen LogP contribution is 2.48. The van der Waals surface area contributed by atoms with Crippen molar-refractivity contribution in [3.8, 4) is 0 Å². The highest BCUT2D eigenvalue weighted by atomic mass is 32.2. The Hall–Kier alpha value is -1.93. The minimum Gasteiger partial charge on any atom is -0.392 e. The highest BCUT2D eigenvalue weighted by molar-refractivity contribution is 7.92. The van der Waals surface area contributed by atoms with Crippen LogP contribution in [0, 0.1) is 0 Å². The Bertz CT molecular complexity index is 1140. The zero-order chi connectivity index (χ0) is 24.5. The summed E-state index contributed by atoms with van der Waals surface area (Å²) in [6.45, 7) is 2.11. The quantitative estimate of drug-likeness (QED) is 0.574. The van der Waals surface area contributed by atoms with Gasteiger partial charge in [0, 0.05) is 31.3 Å². The molecule has 1 saturated heterocycles. The molecule has 4 atom stereocenters. The van der Waals surface area contributed by atoms with Crippen molar-refractivity contribution in [2.24, 2.45) is 0 Å². The van der Waals surface area contributed by atoms with Crippen molar-refractivity contribution in [1.29, 1.82) is 0 Å². The van der Waals surface area contributed by atoms with Crippen LogP contribution in [-0.2, 0) is 26.6 Å². The third-order valence-electron chi connectivity index (χ3n) is 8.58. The molecule has 5 rings (SSSR count). The molecular formula is C28H38N2O4S. The van der Waals surface area contributed by atoms with Crippen molar-refractivity contribution < 1.29 is 18.3 Å². The summed E-state index contributed by atoms with van der Waals surface area (Å²) in [6, 6.07) is 17.2. The Morgan fingerprint density at radius 3 is 2.86 bits per heavy atom. The second-order valence-electron chi connectivity index (χ2n) is 10.7. The molecule has 3 aliphatic rings. The van der Waals surface area contributed by atoms with Crippen molar-refractivity contribution in [2.45, 2.75) is 68.4 Å². The summed E-state index contributed by atoms with van der Waals surface area (Å²) in [5, 5.41) is 10.9. The van der Waals surface area contributed by atoms with Crippen LogP contribution in [0.1, 0.15) is 61.1 Å². The summed E-state index contributed by atoms with van der Waals surface area (Å²) in [5.74, 6) is 0.130. The van der Waals surface area contributed by atoms with E-state index < -0.39 is 10.0 Å².